The van der Waals surface area contributed by atoms with Gasteiger partial charge in [-0.25, -0.2) is 4.79 Å². The normalized spacial score (nSPS) is 14.7. The van der Waals surface area contributed by atoms with Crippen molar-refractivity contribution in [1.29, 1.82) is 0 Å². The molecule has 0 aliphatic rings. The van der Waals surface area contributed by atoms with Gasteiger partial charge in [-0.15, -0.1) is 0 Å². The lowest BCUT2D eigenvalue weighted by Gasteiger charge is -2.30. The van der Waals surface area contributed by atoms with Crippen molar-refractivity contribution in [2.75, 3.05) is 26.2 Å². The van der Waals surface area contributed by atoms with Gasteiger partial charge >= 0.3 is 5.97 Å². The fourth-order valence-electron chi connectivity index (χ4n) is 11.7. The Labute approximate surface area is 575 Å². The predicted molar refractivity (Wildman–Crippen MR) is 382 cm³/mol. The summed E-state index contributed by atoms with van der Waals surface area (Å²) in [7, 11) is 0. The number of benzene rings is 3. The number of guanidine groups is 2. The molecule has 3 aromatic heterocycles. The summed E-state index contributed by atoms with van der Waals surface area (Å²) in [6, 6.07) is 10.3. The van der Waals surface area contributed by atoms with Crippen LogP contribution in [-0.2, 0) is 62.4 Å². The Hall–Kier alpha value is -10.1. The van der Waals surface area contributed by atoms with E-state index in [1.807, 2.05) is 79.7 Å². The van der Waals surface area contributed by atoms with E-state index in [0.29, 0.717) is 68.2 Å². The molecule has 0 saturated heterocycles. The van der Waals surface area contributed by atoms with E-state index < -0.39 is 119 Å². The molecule has 6 aromatic rings. The highest BCUT2D eigenvalue weighted by Crippen LogP contribution is 2.24. The zero-order valence-electron chi connectivity index (χ0n) is 57.0. The SMILES string of the molecule is CC[C@H](C)[C@H](NC(=O)[C@H](Cc1c[nH]c2ccccc12)NC(=O)[C@H](Cc1c[nH]c2ccccc12)NC(=O)[C@H](Cc1c[nH]c2ccccc12)NC(=O)[C@@H](NC(=O)[C@H](CCCCN)NC(=O)[C@H](CCCN=C(N)N)NC(=O)[C@@H](N)CCCCN)[C@@H](C)CC)C(=O)N[C@@H](CCCN=C(N)N)C(=O)O. The number of para-hydroxylation sites is 3. The molecule has 6 rings (SSSR count). The molecule has 538 valence electrons. The first-order valence-corrected chi connectivity index (χ1v) is 34.0. The van der Waals surface area contributed by atoms with Crippen LogP contribution in [0.2, 0.25) is 0 Å². The van der Waals surface area contributed by atoms with Gasteiger partial charge in [0.2, 0.25) is 47.3 Å². The van der Waals surface area contributed by atoms with Gasteiger partial charge in [-0.2, -0.15) is 0 Å². The van der Waals surface area contributed by atoms with Crippen LogP contribution < -0.4 is 82.7 Å². The Balaban J connectivity index is 1.35. The second kappa shape index (κ2) is 39.4. The van der Waals surface area contributed by atoms with Crippen molar-refractivity contribution in [3.8, 4) is 0 Å². The number of H-pyrrole nitrogens is 3. The van der Waals surface area contributed by atoms with Gasteiger partial charge < -0.3 is 103 Å². The van der Waals surface area contributed by atoms with E-state index >= 15 is 19.2 Å². The number of aromatic nitrogens is 3. The number of carboxylic acids is 1. The van der Waals surface area contributed by atoms with E-state index in [1.54, 1.807) is 39.4 Å². The number of carboxylic acid groups (broad SMARTS) is 1. The molecule has 0 unspecified atom stereocenters. The van der Waals surface area contributed by atoms with Gasteiger partial charge in [-0.3, -0.25) is 48.3 Å². The first kappa shape index (κ1) is 77.9. The van der Waals surface area contributed by atoms with Crippen LogP contribution >= 0.6 is 0 Å². The third kappa shape index (κ3) is 23.6. The number of fused-ring (bicyclic) bond motifs is 3. The Bertz CT molecular complexity index is 3730. The molecule has 3 aromatic carbocycles. The second-order valence-electron chi connectivity index (χ2n) is 25.2. The number of aromatic amines is 3. The lowest BCUT2D eigenvalue weighted by molar-refractivity contribution is -0.143. The highest BCUT2D eigenvalue weighted by Gasteiger charge is 2.38. The predicted octanol–water partition coefficient (Wildman–Crippen LogP) is 0.906. The molecule has 26 N–H and O–H groups in total. The lowest BCUT2D eigenvalue weighted by atomic mass is 9.96. The van der Waals surface area contributed by atoms with Gasteiger partial charge in [0.1, 0.15) is 48.3 Å². The quantitative estimate of drug-likeness (QED) is 0.0144. The van der Waals surface area contributed by atoms with Crippen LogP contribution in [0.5, 0.6) is 0 Å². The van der Waals surface area contributed by atoms with E-state index in [-0.39, 0.29) is 82.9 Å². The molecular weight excluding hydrogens is 1270 g/mol. The van der Waals surface area contributed by atoms with E-state index in [2.05, 4.69) is 67.5 Å². The number of nitrogens with zero attached hydrogens (tertiary/aromatic N) is 2. The lowest BCUT2D eigenvalue weighted by Crippen LogP contribution is -2.62. The minimum Gasteiger partial charge on any atom is -0.480 e. The summed E-state index contributed by atoms with van der Waals surface area (Å²) < 4.78 is 0. The summed E-state index contributed by atoms with van der Waals surface area (Å²) >= 11 is 0. The number of amides is 8. The molecule has 30 nitrogen and oxygen atoms in total. The molecule has 0 aliphatic carbocycles. The number of aliphatic imine (C=N–C) groups is 2. The van der Waals surface area contributed by atoms with Crippen LogP contribution in [-0.4, -0.2) is 166 Å². The summed E-state index contributed by atoms with van der Waals surface area (Å²) in [5.74, 6) is -8.81. The molecule has 0 spiro atoms. The molecule has 0 fully saturated rings. The van der Waals surface area contributed by atoms with E-state index in [1.165, 1.54) is 0 Å². The van der Waals surface area contributed by atoms with Crippen molar-refractivity contribution in [3.63, 3.8) is 0 Å². The highest BCUT2D eigenvalue weighted by atomic mass is 16.4. The van der Waals surface area contributed by atoms with Crippen LogP contribution in [0.15, 0.2) is 101 Å². The molecule has 99 heavy (non-hydrogen) atoms. The first-order valence-electron chi connectivity index (χ1n) is 34.0. The van der Waals surface area contributed by atoms with Crippen molar-refractivity contribution in [1.82, 2.24) is 57.5 Å². The monoisotopic (exact) mass is 1370 g/mol. The summed E-state index contributed by atoms with van der Waals surface area (Å²) in [5.41, 5.74) is 43.9. The largest absolute Gasteiger partial charge is 0.480 e. The topological polar surface area (TPSA) is 524 Å². The van der Waals surface area contributed by atoms with Gasteiger partial charge in [-0.05, 0) is 118 Å². The third-order valence-electron chi connectivity index (χ3n) is 17.8. The van der Waals surface area contributed by atoms with E-state index in [4.69, 9.17) is 40.1 Å². The fraction of sp³-hybridized carbons (Fsp3) is 0.493. The molecule has 11 atom stereocenters. The van der Waals surface area contributed by atoms with Gasteiger partial charge in [-0.1, -0.05) is 102 Å². The summed E-state index contributed by atoms with van der Waals surface area (Å²) in [6.45, 7) is 8.01. The maximum Gasteiger partial charge on any atom is 0.326 e. The maximum atomic E-state index is 15.6. The van der Waals surface area contributed by atoms with Crippen molar-refractivity contribution in [3.05, 3.63) is 108 Å². The third-order valence-corrected chi connectivity index (χ3v) is 17.8. The zero-order valence-corrected chi connectivity index (χ0v) is 57.0. The Morgan fingerprint density at radius 3 is 1.11 bits per heavy atom. The fourth-order valence-corrected chi connectivity index (χ4v) is 11.7. The average Bonchev–Trinajstić information content (AvgIpc) is 1.74. The Kier molecular flexibility index (Phi) is 31.0. The van der Waals surface area contributed by atoms with Crippen molar-refractivity contribution >= 4 is 97.9 Å². The molecule has 3 heterocycles. The molecular formula is C69H102N20O10. The molecule has 8 amide bonds. The summed E-state index contributed by atoms with van der Waals surface area (Å²) in [4.78, 5) is 148. The number of carbonyl (C=O) groups excluding carboxylic acids is 8. The van der Waals surface area contributed by atoms with Crippen LogP contribution in [0.25, 0.3) is 32.7 Å². The highest BCUT2D eigenvalue weighted by molar-refractivity contribution is 6.00. The van der Waals surface area contributed by atoms with Gasteiger partial charge in [0.15, 0.2) is 11.9 Å². The molecule has 0 aliphatic heterocycles. The minimum absolute atomic E-state index is 0.0373. The Morgan fingerprint density at radius 1 is 0.414 bits per heavy atom. The maximum absolute atomic E-state index is 15.6. The number of aliphatic carboxylic acids is 1. The Morgan fingerprint density at radius 2 is 0.727 bits per heavy atom. The van der Waals surface area contributed by atoms with Crippen LogP contribution in [0.3, 0.4) is 0 Å². The molecule has 0 bridgehead atoms. The average molecular weight is 1370 g/mol. The minimum atomic E-state index is -1.48. The van der Waals surface area contributed by atoms with Crippen LogP contribution in [0.4, 0.5) is 0 Å². The van der Waals surface area contributed by atoms with Crippen molar-refractivity contribution in [2.45, 2.75) is 178 Å². The number of carbonyl (C=O) groups is 9. The number of nitrogens with two attached hydrogens (primary N) is 7. The van der Waals surface area contributed by atoms with Crippen LogP contribution in [0.1, 0.15) is 121 Å². The molecule has 0 radical (unpaired) electrons. The smallest absolute Gasteiger partial charge is 0.326 e. The van der Waals surface area contributed by atoms with Crippen LogP contribution in [0, 0.1) is 11.8 Å². The first-order chi connectivity index (χ1) is 47.5. The number of hydrogen-bond donors (Lipinski definition) is 19. The molecule has 30 heteroatoms. The number of unbranched alkanes of at least 4 members (excludes halogenated alkanes) is 2. The van der Waals surface area contributed by atoms with Crippen molar-refractivity contribution in [2.24, 2.45) is 62.0 Å². The molecule has 0 saturated carbocycles. The van der Waals surface area contributed by atoms with Gasteiger partial charge in [0.25, 0.3) is 0 Å². The standard InChI is InChI=1S/C69H102N20O10/c1-5-39(3)57(65(96)84-53(67(98)99)28-18-32-78-69(75)76)89-64(95)56(35-43-38-81-50-25-12-9-21-46(43)50)86-62(93)54(33-41-36-79-48-23-10-7-19-44(41)48)85-63(94)55(34-42-37-80-49-24-11-8-20-45(42)49)87-66(97)58(40(4)6-2)88-61(92)51(26-14-16-30-71)83-60(91)52(27-17-31-77-68(73)74)82-59(90)47(72)22-13-15-29-70/h7-12,19-21,23-25,36-40,47,51-58,79-81H,5-6,13-18,22,26-35,70-72H2,1-4H3,(H,82,90)(H,83,91)(H,84,96)(H,85,94)(H,86,93)(H,87,97)(H,88,92)(H,89,95)(H,98,99)(H4,73,74,77)(H4,75,76,78)/t39-,40-,47-,51-,52-,53-,54-,55-,56-,57-,58-/m0/s1. The zero-order chi connectivity index (χ0) is 72.1. The number of nitrogens with one attached hydrogen (secondary N) is 11. The van der Waals surface area contributed by atoms with Crippen molar-refractivity contribution < 1.29 is 48.3 Å². The number of rotatable bonds is 43. The second-order valence-corrected chi connectivity index (χ2v) is 25.2. The van der Waals surface area contributed by atoms with Gasteiger partial charge in [0.05, 0.1) is 6.04 Å². The summed E-state index contributed by atoms with van der Waals surface area (Å²) in [6.07, 6.45) is 8.37. The summed E-state index contributed by atoms with van der Waals surface area (Å²) in [5, 5.41) is 35.0. The van der Waals surface area contributed by atoms with E-state index in [9.17, 15) is 29.1 Å². The van der Waals surface area contributed by atoms with E-state index in [0.717, 1.165) is 32.7 Å². The number of hydrogen-bond acceptors (Lipinski definition) is 14. The van der Waals surface area contributed by atoms with Gasteiger partial charge in [0, 0.05) is 83.7 Å².